The van der Waals surface area contributed by atoms with Gasteiger partial charge in [0.05, 0.1) is 12.4 Å². The molecule has 0 aliphatic heterocycles. The molecule has 0 aliphatic rings. The number of anilines is 1. The molecule has 0 saturated heterocycles. The van der Waals surface area contributed by atoms with Gasteiger partial charge in [-0.15, -0.1) is 0 Å². The largest absolute Gasteiger partial charge is 0.330 e. The fourth-order valence-corrected chi connectivity index (χ4v) is 1.46. The van der Waals surface area contributed by atoms with Gasteiger partial charge in [0.15, 0.2) is 5.82 Å². The summed E-state index contributed by atoms with van der Waals surface area (Å²) in [6, 6.07) is -0.145. The van der Waals surface area contributed by atoms with Crippen molar-refractivity contribution in [2.24, 2.45) is 0 Å². The summed E-state index contributed by atoms with van der Waals surface area (Å²) in [5.41, 5.74) is 0. The topological polar surface area (TPSA) is 52.6 Å². The van der Waals surface area contributed by atoms with Gasteiger partial charge in [-0.2, -0.15) is 0 Å². The highest BCUT2D eigenvalue weighted by Crippen LogP contribution is 2.13. The molecule has 0 atom stereocenters. The summed E-state index contributed by atoms with van der Waals surface area (Å²) in [6.45, 7) is 1.26. The summed E-state index contributed by atoms with van der Waals surface area (Å²) < 4.78 is 0. The molecule has 1 aromatic rings. The molecule has 0 N–H and O–H groups in total. The maximum absolute atomic E-state index is 12.1. The number of carbonyl (C=O) groups is 1. The lowest BCUT2D eigenvalue weighted by Crippen LogP contribution is -2.43. The Bertz CT molecular complexity index is 410. The van der Waals surface area contributed by atoms with Crippen molar-refractivity contribution in [1.82, 2.24) is 19.8 Å². The van der Waals surface area contributed by atoms with Crippen molar-refractivity contribution >= 4 is 23.4 Å². The van der Waals surface area contributed by atoms with E-state index in [-0.39, 0.29) is 11.2 Å². The Morgan fingerprint density at radius 2 is 1.89 bits per heavy atom. The zero-order valence-corrected chi connectivity index (χ0v) is 11.8. The smallest absolute Gasteiger partial charge is 0.325 e. The van der Waals surface area contributed by atoms with Gasteiger partial charge in [0, 0.05) is 27.2 Å². The quantitative estimate of drug-likeness (QED) is 0.825. The van der Waals surface area contributed by atoms with E-state index in [9.17, 15) is 4.79 Å². The number of rotatable bonds is 4. The predicted molar refractivity (Wildman–Crippen MR) is 72.0 cm³/mol. The predicted octanol–water partition coefficient (Wildman–Crippen LogP) is 1.18. The van der Waals surface area contributed by atoms with Crippen LogP contribution in [0.4, 0.5) is 10.6 Å². The molecule has 0 bridgehead atoms. The summed E-state index contributed by atoms with van der Waals surface area (Å²) in [7, 11) is 7.29. The number of hydrogen-bond donors (Lipinski definition) is 0. The summed E-state index contributed by atoms with van der Waals surface area (Å²) in [4.78, 5) is 25.2. The van der Waals surface area contributed by atoms with E-state index in [1.807, 2.05) is 19.0 Å². The number of urea groups is 1. The molecule has 0 spiro atoms. The van der Waals surface area contributed by atoms with Crippen molar-refractivity contribution in [3.8, 4) is 0 Å². The van der Waals surface area contributed by atoms with Gasteiger partial charge in [0.2, 0.25) is 0 Å². The molecule has 0 unspecified atom stereocenters. The molecule has 1 heterocycles. The molecule has 0 saturated carbocycles. The van der Waals surface area contributed by atoms with Crippen LogP contribution in [0.3, 0.4) is 0 Å². The fourth-order valence-electron chi connectivity index (χ4n) is 1.31. The molecule has 6 nitrogen and oxygen atoms in total. The third-order valence-corrected chi connectivity index (χ3v) is 2.44. The van der Waals surface area contributed by atoms with Crippen LogP contribution in [0.5, 0.6) is 0 Å². The average Bonchev–Trinajstić information content (AvgIpc) is 2.28. The van der Waals surface area contributed by atoms with Crippen molar-refractivity contribution in [2.75, 3.05) is 46.2 Å². The van der Waals surface area contributed by atoms with Gasteiger partial charge >= 0.3 is 6.03 Å². The minimum atomic E-state index is -0.145. The molecular formula is C11H18ClN5O. The van der Waals surface area contributed by atoms with Crippen LogP contribution in [-0.2, 0) is 0 Å². The molecule has 1 aromatic heterocycles. The molecular weight excluding hydrogens is 254 g/mol. The van der Waals surface area contributed by atoms with Gasteiger partial charge in [0.25, 0.3) is 0 Å². The molecule has 100 valence electrons. The van der Waals surface area contributed by atoms with Crippen molar-refractivity contribution in [3.05, 3.63) is 17.5 Å². The Kier molecular flexibility index (Phi) is 5.30. The Morgan fingerprint density at radius 1 is 1.22 bits per heavy atom. The minimum absolute atomic E-state index is 0.145. The van der Waals surface area contributed by atoms with Gasteiger partial charge in [0.1, 0.15) is 5.15 Å². The zero-order chi connectivity index (χ0) is 13.7. The second-order valence-electron chi connectivity index (χ2n) is 4.33. The molecule has 0 aliphatic carbocycles. The van der Waals surface area contributed by atoms with Crippen LogP contribution in [0.15, 0.2) is 12.4 Å². The molecule has 18 heavy (non-hydrogen) atoms. The standard InChI is InChI=1S/C11H18ClN5O/c1-15(2)5-6-17(11(18)16(3)4)10-8-13-7-9(12)14-10/h7-8H,5-6H2,1-4H3. The average molecular weight is 272 g/mol. The fraction of sp³-hybridized carbons (Fsp3) is 0.545. The van der Waals surface area contributed by atoms with Crippen molar-refractivity contribution in [1.29, 1.82) is 0 Å². The lowest BCUT2D eigenvalue weighted by atomic mass is 10.4. The monoisotopic (exact) mass is 271 g/mol. The maximum Gasteiger partial charge on any atom is 0.325 e. The number of likely N-dealkylation sites (N-methyl/N-ethyl adjacent to an activating group) is 1. The zero-order valence-electron chi connectivity index (χ0n) is 11.1. The summed E-state index contributed by atoms with van der Waals surface area (Å²) >= 11 is 5.80. The van der Waals surface area contributed by atoms with E-state index in [1.165, 1.54) is 17.3 Å². The maximum atomic E-state index is 12.1. The van der Waals surface area contributed by atoms with E-state index in [0.29, 0.717) is 12.4 Å². The third kappa shape index (κ3) is 4.12. The van der Waals surface area contributed by atoms with Crippen LogP contribution in [0, 0.1) is 0 Å². The Hall–Kier alpha value is -1.40. The number of carbonyl (C=O) groups excluding carboxylic acids is 1. The first-order valence-electron chi connectivity index (χ1n) is 5.53. The van der Waals surface area contributed by atoms with Gasteiger partial charge in [-0.05, 0) is 14.1 Å². The molecule has 2 amide bonds. The van der Waals surface area contributed by atoms with Gasteiger partial charge < -0.3 is 9.80 Å². The first kappa shape index (κ1) is 14.7. The number of amides is 2. The SMILES string of the molecule is CN(C)CCN(C(=O)N(C)C)c1cncc(Cl)n1. The lowest BCUT2D eigenvalue weighted by molar-refractivity contribution is 0.222. The normalized spacial score (nSPS) is 10.6. The van der Waals surface area contributed by atoms with Crippen LogP contribution in [0.2, 0.25) is 5.15 Å². The summed E-state index contributed by atoms with van der Waals surface area (Å²) in [5, 5.41) is 0.272. The lowest BCUT2D eigenvalue weighted by Gasteiger charge is -2.26. The van der Waals surface area contributed by atoms with Crippen molar-refractivity contribution in [2.45, 2.75) is 0 Å². The first-order valence-corrected chi connectivity index (χ1v) is 5.90. The molecule has 0 aromatic carbocycles. The Labute approximate surface area is 112 Å². The van der Waals surface area contributed by atoms with E-state index in [2.05, 4.69) is 9.97 Å². The summed E-state index contributed by atoms with van der Waals surface area (Å²) in [5.74, 6) is 0.461. The summed E-state index contributed by atoms with van der Waals surface area (Å²) in [6.07, 6.45) is 2.97. The highest BCUT2D eigenvalue weighted by Gasteiger charge is 2.19. The number of nitrogens with zero attached hydrogens (tertiary/aromatic N) is 5. The second-order valence-corrected chi connectivity index (χ2v) is 4.72. The van der Waals surface area contributed by atoms with Crippen LogP contribution in [0.25, 0.3) is 0 Å². The van der Waals surface area contributed by atoms with Crippen LogP contribution >= 0.6 is 11.6 Å². The molecule has 7 heteroatoms. The van der Waals surface area contributed by atoms with Crippen LogP contribution in [0.1, 0.15) is 0 Å². The molecule has 0 fully saturated rings. The highest BCUT2D eigenvalue weighted by atomic mass is 35.5. The van der Waals surface area contributed by atoms with E-state index in [0.717, 1.165) is 6.54 Å². The van der Waals surface area contributed by atoms with E-state index in [4.69, 9.17) is 11.6 Å². The van der Waals surface area contributed by atoms with Gasteiger partial charge in [-0.1, -0.05) is 11.6 Å². The first-order chi connectivity index (χ1) is 8.41. The number of hydrogen-bond acceptors (Lipinski definition) is 4. The second kappa shape index (κ2) is 6.51. The Morgan fingerprint density at radius 3 is 2.39 bits per heavy atom. The molecule has 0 radical (unpaired) electrons. The van der Waals surface area contributed by atoms with Crippen molar-refractivity contribution in [3.63, 3.8) is 0 Å². The van der Waals surface area contributed by atoms with Gasteiger partial charge in [-0.3, -0.25) is 9.88 Å². The number of halogens is 1. The molecule has 1 rings (SSSR count). The Balaban J connectivity index is 2.93. The third-order valence-electron chi connectivity index (χ3n) is 2.25. The van der Waals surface area contributed by atoms with Crippen LogP contribution in [-0.4, -0.2) is 67.1 Å². The minimum Gasteiger partial charge on any atom is -0.330 e. The number of aromatic nitrogens is 2. The van der Waals surface area contributed by atoms with Crippen LogP contribution < -0.4 is 4.90 Å². The van der Waals surface area contributed by atoms with E-state index in [1.54, 1.807) is 19.0 Å². The van der Waals surface area contributed by atoms with Gasteiger partial charge in [-0.25, -0.2) is 9.78 Å². The highest BCUT2D eigenvalue weighted by molar-refractivity contribution is 6.29. The van der Waals surface area contributed by atoms with Crippen molar-refractivity contribution < 1.29 is 4.79 Å². The van der Waals surface area contributed by atoms with E-state index >= 15 is 0 Å². The van der Waals surface area contributed by atoms with E-state index < -0.39 is 0 Å².